The maximum absolute atomic E-state index is 12.1. The number of carbonyl (C=O) groups is 1. The Morgan fingerprint density at radius 2 is 1.89 bits per heavy atom. The summed E-state index contributed by atoms with van der Waals surface area (Å²) in [4.78, 5) is 13.3. The Kier molecular flexibility index (Phi) is 3.82. The normalized spacial score (nSPS) is 12.2. The number of hydrogen-bond donors (Lipinski definition) is 1. The Hall–Kier alpha value is -1.61. The molecule has 0 aliphatic heterocycles. The number of thiophene rings is 1. The summed E-state index contributed by atoms with van der Waals surface area (Å²) in [6.07, 6.45) is 0. The number of benzene rings is 1. The minimum absolute atomic E-state index is 0.0114. The van der Waals surface area contributed by atoms with E-state index < -0.39 is 0 Å². The quantitative estimate of drug-likeness (QED) is 0.891. The van der Waals surface area contributed by atoms with Crippen LogP contribution in [-0.4, -0.2) is 5.91 Å². The van der Waals surface area contributed by atoms with Crippen LogP contribution in [0.5, 0.6) is 0 Å². The summed E-state index contributed by atoms with van der Waals surface area (Å²) >= 11 is 1.66. The highest BCUT2D eigenvalue weighted by Crippen LogP contribution is 2.19. The van der Waals surface area contributed by atoms with Gasteiger partial charge in [-0.1, -0.05) is 23.3 Å². The van der Waals surface area contributed by atoms with Crippen molar-refractivity contribution in [2.75, 3.05) is 0 Å². The van der Waals surface area contributed by atoms with Crippen molar-refractivity contribution >= 4 is 17.2 Å². The van der Waals surface area contributed by atoms with Crippen LogP contribution in [0.15, 0.2) is 35.7 Å². The SMILES string of the molecule is Cc1cc(C)cc(C(=O)N[C@H](C)c2cccs2)c1. The number of hydrogen-bond acceptors (Lipinski definition) is 2. The van der Waals surface area contributed by atoms with E-state index in [1.54, 1.807) is 11.3 Å². The van der Waals surface area contributed by atoms with E-state index in [0.717, 1.165) is 16.7 Å². The van der Waals surface area contributed by atoms with Gasteiger partial charge in [-0.15, -0.1) is 11.3 Å². The van der Waals surface area contributed by atoms with E-state index in [1.807, 2.05) is 50.4 Å². The molecule has 18 heavy (non-hydrogen) atoms. The van der Waals surface area contributed by atoms with Gasteiger partial charge < -0.3 is 5.32 Å². The zero-order valence-corrected chi connectivity index (χ0v) is 11.7. The summed E-state index contributed by atoms with van der Waals surface area (Å²) in [7, 11) is 0. The minimum Gasteiger partial charge on any atom is -0.345 e. The van der Waals surface area contributed by atoms with Gasteiger partial charge in [-0.2, -0.15) is 0 Å². The largest absolute Gasteiger partial charge is 0.345 e. The average Bonchev–Trinajstić information content (AvgIpc) is 2.80. The van der Waals surface area contributed by atoms with Crippen LogP contribution in [0, 0.1) is 13.8 Å². The fraction of sp³-hybridized carbons (Fsp3) is 0.267. The molecule has 1 heterocycles. The molecule has 1 N–H and O–H groups in total. The lowest BCUT2D eigenvalue weighted by atomic mass is 10.1. The molecule has 0 spiro atoms. The first-order valence-electron chi connectivity index (χ1n) is 5.99. The number of rotatable bonds is 3. The van der Waals surface area contributed by atoms with Gasteiger partial charge in [0.25, 0.3) is 5.91 Å². The Morgan fingerprint density at radius 1 is 1.22 bits per heavy atom. The number of amides is 1. The van der Waals surface area contributed by atoms with Gasteiger partial charge in [0.1, 0.15) is 0 Å². The molecule has 2 nitrogen and oxygen atoms in total. The summed E-state index contributed by atoms with van der Waals surface area (Å²) in [5, 5.41) is 5.05. The van der Waals surface area contributed by atoms with E-state index in [1.165, 1.54) is 4.88 Å². The Morgan fingerprint density at radius 3 is 2.44 bits per heavy atom. The lowest BCUT2D eigenvalue weighted by molar-refractivity contribution is 0.0940. The minimum atomic E-state index is -0.0114. The van der Waals surface area contributed by atoms with Crippen LogP contribution in [0.4, 0.5) is 0 Å². The first kappa shape index (κ1) is 12.8. The molecule has 1 amide bonds. The van der Waals surface area contributed by atoms with Gasteiger partial charge in [-0.05, 0) is 44.4 Å². The highest BCUT2D eigenvalue weighted by Gasteiger charge is 2.12. The number of nitrogens with one attached hydrogen (secondary N) is 1. The highest BCUT2D eigenvalue weighted by atomic mass is 32.1. The van der Waals surface area contributed by atoms with E-state index >= 15 is 0 Å². The fourth-order valence-corrected chi connectivity index (χ4v) is 2.73. The number of carbonyl (C=O) groups excluding carboxylic acids is 1. The van der Waals surface area contributed by atoms with E-state index in [4.69, 9.17) is 0 Å². The second-order valence-electron chi connectivity index (χ2n) is 4.59. The van der Waals surface area contributed by atoms with Crippen LogP contribution in [0.1, 0.15) is 39.3 Å². The third-order valence-corrected chi connectivity index (χ3v) is 3.86. The average molecular weight is 259 g/mol. The Balaban J connectivity index is 2.12. The van der Waals surface area contributed by atoms with Gasteiger partial charge in [0.15, 0.2) is 0 Å². The smallest absolute Gasteiger partial charge is 0.251 e. The molecule has 0 aliphatic rings. The van der Waals surface area contributed by atoms with Crippen molar-refractivity contribution in [2.45, 2.75) is 26.8 Å². The maximum Gasteiger partial charge on any atom is 0.251 e. The van der Waals surface area contributed by atoms with E-state index in [9.17, 15) is 4.79 Å². The first-order chi connectivity index (χ1) is 8.56. The van der Waals surface area contributed by atoms with Gasteiger partial charge in [0.05, 0.1) is 6.04 Å². The zero-order valence-electron chi connectivity index (χ0n) is 10.9. The van der Waals surface area contributed by atoms with Crippen LogP contribution in [0.25, 0.3) is 0 Å². The Bertz CT molecular complexity index is 525. The van der Waals surface area contributed by atoms with E-state index in [2.05, 4.69) is 11.4 Å². The predicted molar refractivity (Wildman–Crippen MR) is 76.1 cm³/mol. The summed E-state index contributed by atoms with van der Waals surface area (Å²) in [6.45, 7) is 6.02. The third kappa shape index (κ3) is 2.99. The van der Waals surface area contributed by atoms with Gasteiger partial charge >= 0.3 is 0 Å². The Labute approximate surface area is 112 Å². The molecule has 94 valence electrons. The molecule has 0 radical (unpaired) electrons. The van der Waals surface area contributed by atoms with Crippen LogP contribution < -0.4 is 5.32 Å². The van der Waals surface area contributed by atoms with Crippen molar-refractivity contribution in [1.29, 1.82) is 0 Å². The van der Waals surface area contributed by atoms with Gasteiger partial charge in [0.2, 0.25) is 0 Å². The summed E-state index contributed by atoms with van der Waals surface area (Å²) in [5.41, 5.74) is 2.96. The summed E-state index contributed by atoms with van der Waals surface area (Å²) in [6, 6.07) is 10.0. The molecule has 0 aliphatic carbocycles. The van der Waals surface area contributed by atoms with E-state index in [0.29, 0.717) is 0 Å². The van der Waals surface area contributed by atoms with E-state index in [-0.39, 0.29) is 11.9 Å². The second kappa shape index (κ2) is 5.36. The topological polar surface area (TPSA) is 29.1 Å². The molecule has 2 rings (SSSR count). The molecule has 1 aromatic heterocycles. The summed E-state index contributed by atoms with van der Waals surface area (Å²) < 4.78 is 0. The van der Waals surface area contributed by atoms with Gasteiger partial charge in [0, 0.05) is 10.4 Å². The van der Waals surface area contributed by atoms with Gasteiger partial charge in [-0.3, -0.25) is 4.79 Å². The lowest BCUT2D eigenvalue weighted by Crippen LogP contribution is -2.26. The van der Waals surface area contributed by atoms with Crippen molar-refractivity contribution in [3.8, 4) is 0 Å². The van der Waals surface area contributed by atoms with Crippen molar-refractivity contribution in [1.82, 2.24) is 5.32 Å². The maximum atomic E-state index is 12.1. The summed E-state index contributed by atoms with van der Waals surface area (Å²) in [5.74, 6) is -0.0114. The van der Waals surface area contributed by atoms with Crippen LogP contribution in [0.3, 0.4) is 0 Å². The molecule has 0 fully saturated rings. The monoisotopic (exact) mass is 259 g/mol. The highest BCUT2D eigenvalue weighted by molar-refractivity contribution is 7.10. The van der Waals surface area contributed by atoms with Crippen LogP contribution in [0.2, 0.25) is 0 Å². The van der Waals surface area contributed by atoms with Crippen molar-refractivity contribution in [2.24, 2.45) is 0 Å². The first-order valence-corrected chi connectivity index (χ1v) is 6.87. The molecule has 1 aromatic carbocycles. The molecular weight excluding hydrogens is 242 g/mol. The van der Waals surface area contributed by atoms with Crippen molar-refractivity contribution in [3.63, 3.8) is 0 Å². The third-order valence-electron chi connectivity index (χ3n) is 2.80. The molecule has 0 saturated heterocycles. The van der Waals surface area contributed by atoms with Crippen LogP contribution >= 0.6 is 11.3 Å². The molecule has 3 heteroatoms. The van der Waals surface area contributed by atoms with Crippen molar-refractivity contribution < 1.29 is 4.79 Å². The van der Waals surface area contributed by atoms with Crippen molar-refractivity contribution in [3.05, 3.63) is 57.3 Å². The van der Waals surface area contributed by atoms with Crippen LogP contribution in [-0.2, 0) is 0 Å². The zero-order chi connectivity index (χ0) is 13.1. The lowest BCUT2D eigenvalue weighted by Gasteiger charge is -2.13. The molecule has 2 aromatic rings. The molecular formula is C15H17NOS. The predicted octanol–water partition coefficient (Wildman–Crippen LogP) is 3.86. The second-order valence-corrected chi connectivity index (χ2v) is 5.57. The molecule has 0 unspecified atom stereocenters. The molecule has 0 saturated carbocycles. The molecule has 1 atom stereocenters. The molecule has 0 bridgehead atoms. The van der Waals surface area contributed by atoms with Gasteiger partial charge in [-0.25, -0.2) is 0 Å². The number of aryl methyl sites for hydroxylation is 2. The fourth-order valence-electron chi connectivity index (χ4n) is 1.99. The standard InChI is InChI=1S/C15H17NOS/c1-10-7-11(2)9-13(8-10)15(17)16-12(3)14-5-4-6-18-14/h4-9,12H,1-3H3,(H,16,17)/t12-/m1/s1.